The largest absolute Gasteiger partial charge is 0.481 e. The van der Waals surface area contributed by atoms with E-state index in [2.05, 4.69) is 0 Å². The van der Waals surface area contributed by atoms with Crippen molar-refractivity contribution < 1.29 is 28.2 Å². The molecular weight excluding hydrogens is 384 g/mol. The van der Waals surface area contributed by atoms with Crippen molar-refractivity contribution in [3.8, 4) is 0 Å². The van der Waals surface area contributed by atoms with Crippen molar-refractivity contribution in [3.63, 3.8) is 0 Å². The van der Waals surface area contributed by atoms with Crippen molar-refractivity contribution in [3.05, 3.63) is 29.8 Å². The minimum atomic E-state index is -3.87. The molecule has 0 heterocycles. The normalized spacial score (nSPS) is 12.4. The Labute approximate surface area is 167 Å². The molecule has 4 N–H and O–H groups in total. The summed E-state index contributed by atoms with van der Waals surface area (Å²) >= 11 is 0. The van der Waals surface area contributed by atoms with Gasteiger partial charge in [-0.2, -0.15) is 4.31 Å². The maximum absolute atomic E-state index is 13.0. The number of aryl methyl sites for hydroxylation is 1. The molecule has 1 rings (SSSR count). The number of carboxylic acids is 2. The highest BCUT2D eigenvalue weighted by Crippen LogP contribution is 2.23. The van der Waals surface area contributed by atoms with Gasteiger partial charge in [0.05, 0.1) is 4.90 Å². The molecule has 1 atom stereocenters. The third-order valence-corrected chi connectivity index (χ3v) is 5.63. The molecule has 0 aliphatic heterocycles. The first-order chi connectivity index (χ1) is 12.9. The summed E-state index contributed by atoms with van der Waals surface area (Å²) in [6.45, 7) is 7.32. The van der Waals surface area contributed by atoms with Crippen LogP contribution in [0.25, 0.3) is 0 Å². The number of nitrogens with two attached hydrogens (primary N) is 1. The van der Waals surface area contributed by atoms with Crippen molar-refractivity contribution in [2.24, 2.45) is 11.7 Å². The van der Waals surface area contributed by atoms with Crippen LogP contribution in [0.5, 0.6) is 0 Å². The average Bonchev–Trinajstić information content (AvgIpc) is 2.56. The van der Waals surface area contributed by atoms with Gasteiger partial charge in [0.1, 0.15) is 6.04 Å². The molecule has 0 amide bonds. The van der Waals surface area contributed by atoms with Crippen molar-refractivity contribution in [1.29, 1.82) is 0 Å². The van der Waals surface area contributed by atoms with Gasteiger partial charge in [-0.15, -0.1) is 0 Å². The summed E-state index contributed by atoms with van der Waals surface area (Å²) in [6, 6.07) is 5.40. The molecule has 0 spiro atoms. The molecule has 1 aromatic carbocycles. The predicted molar refractivity (Wildman–Crippen MR) is 108 cm³/mol. The fourth-order valence-corrected chi connectivity index (χ4v) is 4.25. The topological polar surface area (TPSA) is 138 Å². The lowest BCUT2D eigenvalue weighted by Gasteiger charge is -2.29. The van der Waals surface area contributed by atoms with E-state index in [0.717, 1.165) is 16.8 Å². The number of aliphatic carboxylic acids is 2. The number of unbranched alkanes of at least 4 members (excludes halogenated alkanes) is 1. The maximum Gasteiger partial charge on any atom is 0.322 e. The zero-order valence-corrected chi connectivity index (χ0v) is 17.8. The number of carboxylic acid groups (broad SMARTS) is 2. The van der Waals surface area contributed by atoms with Gasteiger partial charge in [-0.3, -0.25) is 9.59 Å². The van der Waals surface area contributed by atoms with E-state index in [1.54, 1.807) is 12.1 Å². The van der Waals surface area contributed by atoms with Gasteiger partial charge in [0.2, 0.25) is 10.0 Å². The first kappa shape index (κ1) is 26.0. The number of hydrogen-bond acceptors (Lipinski definition) is 5. The number of rotatable bonds is 10. The number of benzene rings is 1. The van der Waals surface area contributed by atoms with Gasteiger partial charge >= 0.3 is 5.97 Å². The molecule has 160 valence electrons. The Kier molecular flexibility index (Phi) is 11.6. The molecule has 9 heteroatoms. The van der Waals surface area contributed by atoms with Crippen LogP contribution in [0.4, 0.5) is 0 Å². The van der Waals surface area contributed by atoms with E-state index >= 15 is 0 Å². The Morgan fingerprint density at radius 3 is 2.00 bits per heavy atom. The summed E-state index contributed by atoms with van der Waals surface area (Å²) in [5.41, 5.74) is 6.41. The second-order valence-corrected chi connectivity index (χ2v) is 8.83. The summed E-state index contributed by atoms with van der Waals surface area (Å²) < 4.78 is 27.1. The van der Waals surface area contributed by atoms with Gasteiger partial charge in [0, 0.05) is 13.5 Å². The molecule has 0 saturated carbocycles. The lowest BCUT2D eigenvalue weighted by molar-refractivity contribution is -0.142. The van der Waals surface area contributed by atoms with E-state index in [9.17, 15) is 18.3 Å². The van der Waals surface area contributed by atoms with E-state index in [1.165, 1.54) is 12.1 Å². The molecule has 0 aromatic heterocycles. The van der Waals surface area contributed by atoms with Gasteiger partial charge in [0.15, 0.2) is 0 Å². The second-order valence-electron chi connectivity index (χ2n) is 6.94. The summed E-state index contributed by atoms with van der Waals surface area (Å²) in [5, 5.41) is 17.0. The zero-order chi connectivity index (χ0) is 21.9. The van der Waals surface area contributed by atoms with Gasteiger partial charge < -0.3 is 15.9 Å². The molecular formula is C19H32N2O6S. The van der Waals surface area contributed by atoms with Crippen LogP contribution in [0.1, 0.15) is 45.6 Å². The van der Waals surface area contributed by atoms with Crippen LogP contribution >= 0.6 is 0 Å². The van der Waals surface area contributed by atoms with Gasteiger partial charge in [-0.05, 0) is 50.8 Å². The van der Waals surface area contributed by atoms with E-state index in [0.29, 0.717) is 19.4 Å². The molecule has 0 aliphatic rings. The molecule has 0 aliphatic carbocycles. The van der Waals surface area contributed by atoms with Crippen LogP contribution in [-0.4, -0.2) is 54.0 Å². The van der Waals surface area contributed by atoms with Gasteiger partial charge in [-0.25, -0.2) is 8.42 Å². The first-order valence-corrected chi connectivity index (χ1v) is 10.6. The van der Waals surface area contributed by atoms with E-state index in [-0.39, 0.29) is 23.8 Å². The average molecular weight is 417 g/mol. The summed E-state index contributed by atoms with van der Waals surface area (Å²) in [5.74, 6) is -1.94. The Bertz CT molecular complexity index is 712. The highest BCUT2D eigenvalue weighted by atomic mass is 32.2. The van der Waals surface area contributed by atoms with E-state index in [4.69, 9.17) is 15.6 Å². The molecule has 0 unspecified atom stereocenters. The minimum Gasteiger partial charge on any atom is -0.481 e. The molecule has 0 bridgehead atoms. The fourth-order valence-electron chi connectivity index (χ4n) is 2.47. The van der Waals surface area contributed by atoms with Crippen molar-refractivity contribution in [2.45, 2.75) is 57.9 Å². The smallest absolute Gasteiger partial charge is 0.322 e. The third-order valence-electron chi connectivity index (χ3n) is 3.74. The molecule has 8 nitrogen and oxygen atoms in total. The Balaban J connectivity index is 0.00000165. The number of hydrogen-bond donors (Lipinski definition) is 3. The lowest BCUT2D eigenvalue weighted by atomic mass is 10.1. The molecule has 28 heavy (non-hydrogen) atoms. The van der Waals surface area contributed by atoms with Crippen LogP contribution in [0.2, 0.25) is 0 Å². The standard InChI is InChI=1S/C17H28N2O4S.C2H4O2/c1-13(2)12-19(16(17(20)21)6-4-5-11-18)24(22,23)15-9-7-14(3)8-10-15;1-2(3)4/h7-10,13,16H,4-6,11-12,18H2,1-3H3,(H,20,21);1H3,(H,3,4)/t16-;/m0./s1. The summed E-state index contributed by atoms with van der Waals surface area (Å²) in [4.78, 5) is 20.8. The Hall–Kier alpha value is -1.97. The van der Waals surface area contributed by atoms with Crippen LogP contribution in [0.3, 0.4) is 0 Å². The SMILES string of the molecule is CC(=O)O.Cc1ccc(S(=O)(=O)N(CC(C)C)[C@@H](CCCCN)C(=O)O)cc1. The van der Waals surface area contributed by atoms with E-state index in [1.807, 2.05) is 20.8 Å². The molecule has 0 fully saturated rings. The van der Waals surface area contributed by atoms with Gasteiger partial charge in [0.25, 0.3) is 5.97 Å². The Morgan fingerprint density at radius 2 is 1.61 bits per heavy atom. The second kappa shape index (κ2) is 12.5. The van der Waals surface area contributed by atoms with Crippen molar-refractivity contribution in [2.75, 3.05) is 13.1 Å². The maximum atomic E-state index is 13.0. The number of nitrogens with zero attached hydrogens (tertiary/aromatic N) is 1. The highest BCUT2D eigenvalue weighted by Gasteiger charge is 2.35. The molecule has 1 aromatic rings. The number of carbonyl (C=O) groups is 2. The van der Waals surface area contributed by atoms with Crippen molar-refractivity contribution >= 4 is 22.0 Å². The van der Waals surface area contributed by atoms with Crippen LogP contribution in [0, 0.1) is 12.8 Å². The van der Waals surface area contributed by atoms with Gasteiger partial charge in [-0.1, -0.05) is 31.5 Å². The van der Waals surface area contributed by atoms with Crippen LogP contribution in [0.15, 0.2) is 29.2 Å². The van der Waals surface area contributed by atoms with Crippen LogP contribution in [-0.2, 0) is 19.6 Å². The third kappa shape index (κ3) is 9.29. The highest BCUT2D eigenvalue weighted by molar-refractivity contribution is 7.89. The first-order valence-electron chi connectivity index (χ1n) is 9.14. The van der Waals surface area contributed by atoms with E-state index < -0.39 is 28.0 Å². The zero-order valence-electron chi connectivity index (χ0n) is 17.0. The quantitative estimate of drug-likeness (QED) is 0.498. The molecule has 0 radical (unpaired) electrons. The Morgan fingerprint density at radius 1 is 1.11 bits per heavy atom. The lowest BCUT2D eigenvalue weighted by Crippen LogP contribution is -2.46. The fraction of sp³-hybridized carbons (Fsp3) is 0.579. The van der Waals surface area contributed by atoms with Crippen LogP contribution < -0.4 is 5.73 Å². The minimum absolute atomic E-state index is 0.0154. The number of sulfonamides is 1. The van der Waals surface area contributed by atoms with Crippen molar-refractivity contribution in [1.82, 2.24) is 4.31 Å². The molecule has 0 saturated heterocycles. The summed E-state index contributed by atoms with van der Waals surface area (Å²) in [7, 11) is -3.87. The monoisotopic (exact) mass is 416 g/mol. The predicted octanol–water partition coefficient (Wildman–Crippen LogP) is 2.31. The summed E-state index contributed by atoms with van der Waals surface area (Å²) in [6.07, 6.45) is 1.50.